The summed E-state index contributed by atoms with van der Waals surface area (Å²) < 4.78 is 5.14. The van der Waals surface area contributed by atoms with Crippen molar-refractivity contribution in [2.24, 2.45) is 29.6 Å². The number of ether oxygens (including phenoxy) is 1. The van der Waals surface area contributed by atoms with Crippen LogP contribution in [-0.2, 0) is 9.53 Å². The maximum Gasteiger partial charge on any atom is 0.223 e. The van der Waals surface area contributed by atoms with Gasteiger partial charge < -0.3 is 15.2 Å². The van der Waals surface area contributed by atoms with Gasteiger partial charge in [-0.25, -0.2) is 0 Å². The second kappa shape index (κ2) is 6.71. The summed E-state index contributed by atoms with van der Waals surface area (Å²) in [6.07, 6.45) is 3.57. The number of fused-ring (bicyclic) bond motifs is 2. The molecule has 0 aromatic heterocycles. The van der Waals surface area contributed by atoms with Crippen molar-refractivity contribution in [1.82, 2.24) is 5.32 Å². The van der Waals surface area contributed by atoms with E-state index in [0.29, 0.717) is 25.7 Å². The summed E-state index contributed by atoms with van der Waals surface area (Å²) in [5.41, 5.74) is 0. The van der Waals surface area contributed by atoms with Crippen molar-refractivity contribution in [3.05, 3.63) is 0 Å². The normalized spacial score (nSPS) is 33.1. The molecule has 4 atom stereocenters. The predicted octanol–water partition coefficient (Wildman–Crippen LogP) is 1.43. The molecule has 0 spiro atoms. The van der Waals surface area contributed by atoms with Crippen LogP contribution in [0.2, 0.25) is 0 Å². The third-order valence-electron chi connectivity index (χ3n) is 4.89. The van der Waals surface area contributed by atoms with Crippen LogP contribution >= 0.6 is 0 Å². The Kier molecular flexibility index (Phi) is 5.22. The maximum absolute atomic E-state index is 12.1. The number of aliphatic hydroxyl groups excluding tert-OH is 1. The van der Waals surface area contributed by atoms with Crippen LogP contribution in [0.5, 0.6) is 0 Å². The van der Waals surface area contributed by atoms with E-state index >= 15 is 0 Å². The van der Waals surface area contributed by atoms with Crippen molar-refractivity contribution in [3.8, 4) is 0 Å². The monoisotopic (exact) mass is 269 g/mol. The third kappa shape index (κ3) is 3.48. The molecule has 1 amide bonds. The Balaban J connectivity index is 1.69. The molecule has 2 N–H and O–H groups in total. The quantitative estimate of drug-likeness (QED) is 0.687. The number of hydrogen-bond acceptors (Lipinski definition) is 3. The Morgan fingerprint density at radius 3 is 2.63 bits per heavy atom. The average Bonchev–Trinajstić information content (AvgIpc) is 2.97. The molecular formula is C15H27NO3. The number of rotatable bonds is 7. The maximum atomic E-state index is 12.1. The smallest absolute Gasteiger partial charge is 0.223 e. The van der Waals surface area contributed by atoms with Crippen LogP contribution in [0.25, 0.3) is 0 Å². The van der Waals surface area contributed by atoms with Crippen LogP contribution in [0.3, 0.4) is 0 Å². The Morgan fingerprint density at radius 1 is 1.26 bits per heavy atom. The van der Waals surface area contributed by atoms with Crippen molar-refractivity contribution in [1.29, 1.82) is 0 Å². The highest BCUT2D eigenvalue weighted by atomic mass is 16.5. The van der Waals surface area contributed by atoms with Gasteiger partial charge in [0, 0.05) is 12.5 Å². The molecule has 2 aliphatic rings. The number of hydrogen-bond donors (Lipinski definition) is 2. The van der Waals surface area contributed by atoms with Crippen LogP contribution in [0.1, 0.15) is 33.1 Å². The molecule has 4 heteroatoms. The van der Waals surface area contributed by atoms with Crippen molar-refractivity contribution in [2.45, 2.75) is 33.1 Å². The Labute approximate surface area is 115 Å². The highest BCUT2D eigenvalue weighted by molar-refractivity contribution is 5.79. The van der Waals surface area contributed by atoms with Gasteiger partial charge in [0.25, 0.3) is 0 Å². The van der Waals surface area contributed by atoms with Crippen molar-refractivity contribution < 1.29 is 14.6 Å². The molecule has 0 aliphatic heterocycles. The molecule has 0 aromatic rings. The first-order chi connectivity index (χ1) is 9.13. The van der Waals surface area contributed by atoms with Gasteiger partial charge in [0.1, 0.15) is 0 Å². The summed E-state index contributed by atoms with van der Waals surface area (Å²) in [7, 11) is 0. The fourth-order valence-corrected chi connectivity index (χ4v) is 4.00. The molecule has 4 unspecified atom stereocenters. The number of nitrogens with one attached hydrogen (secondary N) is 1. The predicted molar refractivity (Wildman–Crippen MR) is 73.6 cm³/mol. The van der Waals surface area contributed by atoms with Gasteiger partial charge in [-0.3, -0.25) is 4.79 Å². The van der Waals surface area contributed by atoms with E-state index in [9.17, 15) is 4.79 Å². The number of aliphatic hydroxyl groups is 1. The van der Waals surface area contributed by atoms with Gasteiger partial charge >= 0.3 is 0 Å². The van der Waals surface area contributed by atoms with E-state index < -0.39 is 0 Å². The first-order valence-electron chi connectivity index (χ1n) is 7.59. The summed E-state index contributed by atoms with van der Waals surface area (Å²) in [5, 5.41) is 11.5. The Morgan fingerprint density at radius 2 is 2.05 bits per heavy atom. The van der Waals surface area contributed by atoms with Crippen LogP contribution in [0, 0.1) is 29.6 Å². The zero-order valence-electron chi connectivity index (χ0n) is 12.1. The fraction of sp³-hybridized carbons (Fsp3) is 0.933. The highest BCUT2D eigenvalue weighted by Gasteiger charge is 2.48. The Bertz CT molecular complexity index is 306. The minimum absolute atomic E-state index is 0.0386. The lowest BCUT2D eigenvalue weighted by Gasteiger charge is -2.29. The van der Waals surface area contributed by atoms with Gasteiger partial charge in [-0.15, -0.1) is 0 Å². The van der Waals surface area contributed by atoms with Crippen molar-refractivity contribution in [2.75, 3.05) is 26.4 Å². The fourth-order valence-electron chi connectivity index (χ4n) is 4.00. The molecule has 2 bridgehead atoms. The van der Waals surface area contributed by atoms with E-state index in [0.717, 1.165) is 24.2 Å². The van der Waals surface area contributed by atoms with E-state index in [1.54, 1.807) is 0 Å². The molecule has 19 heavy (non-hydrogen) atoms. The molecule has 0 saturated heterocycles. The second-order valence-corrected chi connectivity index (χ2v) is 6.37. The topological polar surface area (TPSA) is 58.6 Å². The first kappa shape index (κ1) is 14.8. The van der Waals surface area contributed by atoms with Crippen LogP contribution in [-0.4, -0.2) is 37.4 Å². The van der Waals surface area contributed by atoms with Crippen LogP contribution in [0.15, 0.2) is 0 Å². The van der Waals surface area contributed by atoms with Gasteiger partial charge in [0.15, 0.2) is 0 Å². The minimum Gasteiger partial charge on any atom is -0.394 e. The largest absolute Gasteiger partial charge is 0.394 e. The molecule has 0 heterocycles. The summed E-state index contributed by atoms with van der Waals surface area (Å²) >= 11 is 0. The molecule has 110 valence electrons. The molecule has 2 rings (SSSR count). The minimum atomic E-state index is 0.0386. The molecule has 0 radical (unpaired) electrons. The third-order valence-corrected chi connectivity index (χ3v) is 4.89. The van der Waals surface area contributed by atoms with E-state index in [-0.39, 0.29) is 18.4 Å². The zero-order valence-corrected chi connectivity index (χ0v) is 12.1. The number of carbonyl (C=O) groups is 1. The first-order valence-corrected chi connectivity index (χ1v) is 7.59. The molecule has 4 nitrogen and oxygen atoms in total. The van der Waals surface area contributed by atoms with E-state index in [1.807, 2.05) is 0 Å². The number of carbonyl (C=O) groups excluding carboxylic acids is 1. The van der Waals surface area contributed by atoms with Gasteiger partial charge in [-0.05, 0) is 42.9 Å². The lowest BCUT2D eigenvalue weighted by molar-refractivity contribution is -0.127. The molecule has 2 saturated carbocycles. The van der Waals surface area contributed by atoms with E-state index in [2.05, 4.69) is 19.2 Å². The Hall–Kier alpha value is -0.610. The number of amides is 1. The van der Waals surface area contributed by atoms with Gasteiger partial charge in [0.2, 0.25) is 5.91 Å². The second-order valence-electron chi connectivity index (χ2n) is 6.37. The zero-order chi connectivity index (χ0) is 13.8. The SMILES string of the molecule is CC(C)C1CC2CC1CC2C(=O)NCCOCCO. The van der Waals surface area contributed by atoms with Crippen LogP contribution < -0.4 is 5.32 Å². The average molecular weight is 269 g/mol. The standard InChI is InChI=1S/C15H27NO3/c1-10(2)13-8-12-7-11(13)9-14(12)15(18)16-3-5-19-6-4-17/h10-14,17H,3-9H2,1-2H3,(H,16,18). The van der Waals surface area contributed by atoms with E-state index in [1.165, 1.54) is 12.8 Å². The highest BCUT2D eigenvalue weighted by Crippen LogP contribution is 2.53. The van der Waals surface area contributed by atoms with Crippen molar-refractivity contribution >= 4 is 5.91 Å². The summed E-state index contributed by atoms with van der Waals surface area (Å²) in [5.74, 6) is 3.41. The summed E-state index contributed by atoms with van der Waals surface area (Å²) in [4.78, 5) is 12.1. The molecule has 0 aromatic carbocycles. The van der Waals surface area contributed by atoms with Gasteiger partial charge in [-0.1, -0.05) is 13.8 Å². The summed E-state index contributed by atoms with van der Waals surface area (Å²) in [6, 6.07) is 0. The van der Waals surface area contributed by atoms with Crippen LogP contribution in [0.4, 0.5) is 0 Å². The van der Waals surface area contributed by atoms with Crippen molar-refractivity contribution in [3.63, 3.8) is 0 Å². The van der Waals surface area contributed by atoms with Gasteiger partial charge in [0.05, 0.1) is 19.8 Å². The molecule has 2 fully saturated rings. The molecule has 2 aliphatic carbocycles. The lowest BCUT2D eigenvalue weighted by atomic mass is 9.76. The van der Waals surface area contributed by atoms with Gasteiger partial charge in [-0.2, -0.15) is 0 Å². The van der Waals surface area contributed by atoms with E-state index in [4.69, 9.17) is 9.84 Å². The lowest BCUT2D eigenvalue weighted by Crippen LogP contribution is -2.37. The molecular weight excluding hydrogens is 242 g/mol. The summed E-state index contributed by atoms with van der Waals surface area (Å²) in [6.45, 7) is 6.04.